The van der Waals surface area contributed by atoms with Crippen LogP contribution in [0.4, 0.5) is 0 Å². The number of rotatable bonds is 11. The first kappa shape index (κ1) is 23.3. The van der Waals surface area contributed by atoms with Crippen molar-refractivity contribution in [2.24, 2.45) is 0 Å². The van der Waals surface area contributed by atoms with Gasteiger partial charge in [-0.15, -0.1) is 0 Å². The van der Waals surface area contributed by atoms with Crippen LogP contribution >= 0.6 is 0 Å². The van der Waals surface area contributed by atoms with Crippen LogP contribution in [0.25, 0.3) is 0 Å². The van der Waals surface area contributed by atoms with Gasteiger partial charge in [-0.05, 0) is 50.8 Å². The summed E-state index contributed by atoms with van der Waals surface area (Å²) in [6, 6.07) is 7.31. The summed E-state index contributed by atoms with van der Waals surface area (Å²) in [6.45, 7) is 4.93. The molecule has 0 fully saturated rings. The summed E-state index contributed by atoms with van der Waals surface area (Å²) < 4.78 is 29.8. The molecule has 1 atom stereocenters. The van der Waals surface area contributed by atoms with Crippen molar-refractivity contribution in [1.82, 2.24) is 24.3 Å². The monoisotopic (exact) mass is 445 g/mol. The Balaban J connectivity index is 1.47. The molecule has 0 amide bonds. The standard InChI is InChI=1S/C23H35N5O2S/c1-19-23(20(2)26(3)25-19)27(4)31(29,30)22-13-11-21(12-14-22)10-8-6-5-7-9-16-28-17-15-24-18-28/h11-15,17-19,25H,5-10,16H2,1-4H3. The predicted octanol–water partition coefficient (Wildman–Crippen LogP) is 3.77. The Kier molecular flexibility index (Phi) is 7.78. The molecule has 0 saturated heterocycles. The highest BCUT2D eigenvalue weighted by molar-refractivity contribution is 7.89. The van der Waals surface area contributed by atoms with Crippen molar-refractivity contribution < 1.29 is 8.42 Å². The van der Waals surface area contributed by atoms with Crippen molar-refractivity contribution in [2.75, 3.05) is 14.1 Å². The minimum Gasteiger partial charge on any atom is -0.337 e. The second-order valence-corrected chi connectivity index (χ2v) is 10.3. The molecule has 1 unspecified atom stereocenters. The van der Waals surface area contributed by atoms with Crippen LogP contribution < -0.4 is 5.43 Å². The zero-order valence-corrected chi connectivity index (χ0v) is 19.9. The summed E-state index contributed by atoms with van der Waals surface area (Å²) in [5, 5.41) is 1.87. The van der Waals surface area contributed by atoms with Crippen LogP contribution in [-0.4, -0.2) is 47.4 Å². The number of hydrazine groups is 1. The van der Waals surface area contributed by atoms with E-state index < -0.39 is 10.0 Å². The van der Waals surface area contributed by atoms with E-state index in [1.807, 2.05) is 56.8 Å². The van der Waals surface area contributed by atoms with E-state index in [2.05, 4.69) is 15.0 Å². The zero-order valence-electron chi connectivity index (χ0n) is 19.1. The number of nitrogens with zero attached hydrogens (tertiary/aromatic N) is 4. The van der Waals surface area contributed by atoms with Gasteiger partial charge in [-0.1, -0.05) is 31.4 Å². The van der Waals surface area contributed by atoms with E-state index in [0.29, 0.717) is 4.90 Å². The highest BCUT2D eigenvalue weighted by Gasteiger charge is 2.32. The molecule has 0 saturated carbocycles. The number of imidazole rings is 1. The third-order valence-corrected chi connectivity index (χ3v) is 7.82. The van der Waals surface area contributed by atoms with Gasteiger partial charge in [-0.25, -0.2) is 18.8 Å². The van der Waals surface area contributed by atoms with Crippen molar-refractivity contribution in [3.63, 3.8) is 0 Å². The first-order valence-electron chi connectivity index (χ1n) is 11.0. The lowest BCUT2D eigenvalue weighted by molar-refractivity contribution is 0.313. The maximum Gasteiger partial charge on any atom is 0.263 e. The van der Waals surface area contributed by atoms with Crippen LogP contribution in [0.2, 0.25) is 0 Å². The largest absolute Gasteiger partial charge is 0.337 e. The SMILES string of the molecule is CC1=C(N(C)S(=O)(=O)c2ccc(CCCCCCCn3ccnc3)cc2)C(C)NN1C. The maximum absolute atomic E-state index is 13.1. The van der Waals surface area contributed by atoms with Crippen LogP contribution in [0, 0.1) is 0 Å². The number of aromatic nitrogens is 2. The number of hydrogen-bond donors (Lipinski definition) is 1. The van der Waals surface area contributed by atoms with Crippen molar-refractivity contribution in [1.29, 1.82) is 0 Å². The first-order valence-corrected chi connectivity index (χ1v) is 12.5. The van der Waals surface area contributed by atoms with Gasteiger partial charge in [0.25, 0.3) is 10.0 Å². The quantitative estimate of drug-likeness (QED) is 0.533. The lowest BCUT2D eigenvalue weighted by Gasteiger charge is -2.23. The predicted molar refractivity (Wildman–Crippen MR) is 123 cm³/mol. The normalized spacial score (nSPS) is 16.9. The van der Waals surface area contributed by atoms with Crippen molar-refractivity contribution in [3.05, 3.63) is 59.9 Å². The molecule has 1 N–H and O–H groups in total. The Bertz CT molecular complexity index is 968. The van der Waals surface area contributed by atoms with E-state index in [9.17, 15) is 8.42 Å². The minimum absolute atomic E-state index is 0.0519. The molecule has 2 aromatic rings. The maximum atomic E-state index is 13.1. The number of benzene rings is 1. The fourth-order valence-corrected chi connectivity index (χ4v) is 5.47. The molecule has 31 heavy (non-hydrogen) atoms. The van der Waals surface area contributed by atoms with Gasteiger partial charge in [0.1, 0.15) is 0 Å². The second-order valence-electron chi connectivity index (χ2n) is 8.32. The fraction of sp³-hybridized carbons (Fsp3) is 0.522. The molecule has 0 radical (unpaired) electrons. The Labute approximate surface area is 186 Å². The van der Waals surface area contributed by atoms with Crippen molar-refractivity contribution in [2.45, 2.75) is 69.9 Å². The summed E-state index contributed by atoms with van der Waals surface area (Å²) in [6.07, 6.45) is 12.6. The second kappa shape index (κ2) is 10.3. The van der Waals surface area contributed by atoms with Gasteiger partial charge < -0.3 is 9.58 Å². The van der Waals surface area contributed by atoms with Gasteiger partial charge in [0.15, 0.2) is 0 Å². The number of hydrogen-bond acceptors (Lipinski definition) is 5. The van der Waals surface area contributed by atoms with Crippen LogP contribution in [0.15, 0.2) is 59.3 Å². The number of unbranched alkanes of at least 4 members (excludes halogenated alkanes) is 4. The molecule has 1 aromatic heterocycles. The van der Waals surface area contributed by atoms with Gasteiger partial charge in [-0.3, -0.25) is 4.31 Å². The molecule has 7 nitrogen and oxygen atoms in total. The molecule has 3 rings (SSSR count). The molecular weight excluding hydrogens is 410 g/mol. The number of likely N-dealkylation sites (N-methyl/N-ethyl adjacent to an activating group) is 1. The molecule has 1 aliphatic rings. The molecule has 0 bridgehead atoms. The molecule has 1 aromatic carbocycles. The van der Waals surface area contributed by atoms with E-state index in [1.165, 1.54) is 35.6 Å². The number of nitrogens with one attached hydrogen (secondary N) is 1. The highest BCUT2D eigenvalue weighted by Crippen LogP contribution is 2.27. The summed E-state index contributed by atoms with van der Waals surface area (Å²) in [4.78, 5) is 4.39. The molecule has 1 aliphatic heterocycles. The summed E-state index contributed by atoms with van der Waals surface area (Å²) >= 11 is 0. The topological polar surface area (TPSA) is 70.5 Å². The molecule has 8 heteroatoms. The van der Waals surface area contributed by atoms with E-state index >= 15 is 0 Å². The van der Waals surface area contributed by atoms with Crippen LogP contribution in [0.5, 0.6) is 0 Å². The number of allylic oxidation sites excluding steroid dienone is 1. The Morgan fingerprint density at radius 3 is 2.39 bits per heavy atom. The molecule has 0 aliphatic carbocycles. The minimum atomic E-state index is -3.58. The molecule has 170 valence electrons. The van der Waals surface area contributed by atoms with E-state index in [4.69, 9.17) is 0 Å². The summed E-state index contributed by atoms with van der Waals surface area (Å²) in [5.74, 6) is 0. The smallest absolute Gasteiger partial charge is 0.263 e. The summed E-state index contributed by atoms with van der Waals surface area (Å²) in [5.41, 5.74) is 6.11. The van der Waals surface area contributed by atoms with Crippen LogP contribution in [-0.2, 0) is 23.0 Å². The molecular formula is C23H35N5O2S. The zero-order chi connectivity index (χ0) is 22.4. The van der Waals surface area contributed by atoms with Crippen LogP contribution in [0.3, 0.4) is 0 Å². The van der Waals surface area contributed by atoms with Gasteiger partial charge in [0, 0.05) is 38.7 Å². The Hall–Kier alpha value is -2.32. The molecule has 2 heterocycles. The van der Waals surface area contributed by atoms with Gasteiger partial charge in [0.05, 0.1) is 23.0 Å². The van der Waals surface area contributed by atoms with Crippen molar-refractivity contribution >= 4 is 10.0 Å². The van der Waals surface area contributed by atoms with E-state index in [0.717, 1.165) is 30.8 Å². The Morgan fingerprint density at radius 1 is 1.10 bits per heavy atom. The number of aryl methyl sites for hydroxylation is 2. The average Bonchev–Trinajstić information content (AvgIpc) is 3.35. The van der Waals surface area contributed by atoms with E-state index in [-0.39, 0.29) is 6.04 Å². The fourth-order valence-electron chi connectivity index (χ4n) is 4.12. The first-order chi connectivity index (χ1) is 14.8. The Morgan fingerprint density at radius 2 is 1.77 bits per heavy atom. The lowest BCUT2D eigenvalue weighted by atomic mass is 10.1. The molecule has 0 spiro atoms. The lowest BCUT2D eigenvalue weighted by Crippen LogP contribution is -2.36. The third kappa shape index (κ3) is 5.68. The van der Waals surface area contributed by atoms with E-state index in [1.54, 1.807) is 19.2 Å². The van der Waals surface area contributed by atoms with Gasteiger partial charge >= 0.3 is 0 Å². The van der Waals surface area contributed by atoms with Crippen LogP contribution in [0.1, 0.15) is 51.5 Å². The number of sulfonamides is 1. The highest BCUT2D eigenvalue weighted by atomic mass is 32.2. The summed E-state index contributed by atoms with van der Waals surface area (Å²) in [7, 11) is -0.0524. The average molecular weight is 446 g/mol. The van der Waals surface area contributed by atoms with Gasteiger partial charge in [-0.2, -0.15) is 0 Å². The van der Waals surface area contributed by atoms with Crippen molar-refractivity contribution in [3.8, 4) is 0 Å². The third-order valence-electron chi connectivity index (χ3n) is 6.03. The van der Waals surface area contributed by atoms with Gasteiger partial charge in [0.2, 0.25) is 0 Å².